The average Bonchev–Trinajstić information content (AvgIpc) is 2.49. The molecular formula is C16H33Cl3N6O2. The van der Waals surface area contributed by atoms with Crippen LogP contribution in [0.5, 0.6) is 0 Å². The van der Waals surface area contributed by atoms with Crippen LogP contribution in [0.4, 0.5) is 0 Å². The minimum atomic E-state index is -1.04. The van der Waals surface area contributed by atoms with E-state index in [-0.39, 0.29) is 30.3 Å². The zero-order valence-corrected chi connectivity index (χ0v) is 18.5. The second-order valence-electron chi connectivity index (χ2n) is 7.10. The van der Waals surface area contributed by atoms with E-state index in [0.717, 1.165) is 0 Å². The summed E-state index contributed by atoms with van der Waals surface area (Å²) in [6.07, 6.45) is 0.870. The topological polar surface area (TPSA) is 134 Å². The minimum Gasteiger partial charge on any atom is -0.356 e. The highest BCUT2D eigenvalue weighted by Crippen LogP contribution is 2.14. The van der Waals surface area contributed by atoms with E-state index in [2.05, 4.69) is 21.3 Å². The molecule has 0 aliphatic rings. The first-order valence-corrected chi connectivity index (χ1v) is 10.0. The smallest absolute Gasteiger partial charge is 0.229 e. The Morgan fingerprint density at radius 3 is 1.63 bits per heavy atom. The van der Waals surface area contributed by atoms with Gasteiger partial charge in [-0.2, -0.15) is 0 Å². The Balaban J connectivity index is 3.79. The molecule has 27 heavy (non-hydrogen) atoms. The molecule has 0 aliphatic heterocycles. The lowest BCUT2D eigenvalue weighted by Gasteiger charge is -2.21. The molecule has 8 N–H and O–H groups in total. The quantitative estimate of drug-likeness (QED) is 0.129. The molecule has 0 aliphatic carbocycles. The summed E-state index contributed by atoms with van der Waals surface area (Å²) in [6.45, 7) is 6.97. The van der Waals surface area contributed by atoms with Gasteiger partial charge < -0.3 is 22.1 Å². The lowest BCUT2D eigenvalue weighted by molar-refractivity contribution is -0.129. The Morgan fingerprint density at radius 2 is 1.26 bits per heavy atom. The Kier molecular flexibility index (Phi) is 12.8. The number of carbonyl (C=O) groups excluding carboxylic acids is 2. The fourth-order valence-corrected chi connectivity index (χ4v) is 2.18. The summed E-state index contributed by atoms with van der Waals surface area (Å²) in [5.41, 5.74) is 11.8. The van der Waals surface area contributed by atoms with E-state index in [1.807, 2.05) is 13.8 Å². The number of hydrogen-bond donors (Lipinski definition) is 6. The van der Waals surface area contributed by atoms with Crippen LogP contribution in [0.3, 0.4) is 0 Å². The van der Waals surface area contributed by atoms with Gasteiger partial charge in [-0.3, -0.25) is 20.2 Å². The lowest BCUT2D eigenvalue weighted by atomic mass is 10.2. The normalized spacial score (nSPS) is 14.5. The molecule has 0 fully saturated rings. The molecule has 2 atom stereocenters. The summed E-state index contributed by atoms with van der Waals surface area (Å²) >= 11 is 17.6. The van der Waals surface area contributed by atoms with Crippen LogP contribution in [-0.4, -0.2) is 59.5 Å². The Hall–Kier alpha value is -0.350. The number of alkyl halides is 3. The highest BCUT2D eigenvalue weighted by atomic mass is 35.5. The van der Waals surface area contributed by atoms with E-state index in [0.29, 0.717) is 39.0 Å². The van der Waals surface area contributed by atoms with Crippen molar-refractivity contribution >= 4 is 46.6 Å². The molecular weight excluding hydrogens is 415 g/mol. The molecule has 0 rings (SSSR count). The predicted molar refractivity (Wildman–Crippen MR) is 112 cm³/mol. The standard InChI is InChI=1S/C16H33Cl3N6O2/c1-15(2,17)24-9-11(20)4-6-22-13(26)8-14(27)23-7-5-12(21)10-25-16(3,18)19/h11-12,24-25H,4-10,20-21H2,1-3H3,(H,22,26)(H,23,27). The van der Waals surface area contributed by atoms with Crippen LogP contribution in [0.1, 0.15) is 40.0 Å². The number of nitrogens with one attached hydrogen (secondary N) is 4. The van der Waals surface area contributed by atoms with E-state index in [1.165, 1.54) is 0 Å². The average molecular weight is 448 g/mol. The predicted octanol–water partition coefficient (Wildman–Crippen LogP) is 0.349. The highest BCUT2D eigenvalue weighted by molar-refractivity contribution is 6.47. The molecule has 0 aromatic heterocycles. The van der Waals surface area contributed by atoms with Crippen molar-refractivity contribution in [2.24, 2.45) is 11.5 Å². The van der Waals surface area contributed by atoms with Gasteiger partial charge in [-0.25, -0.2) is 0 Å². The Bertz CT molecular complexity index is 414. The van der Waals surface area contributed by atoms with Gasteiger partial charge in [0.1, 0.15) is 6.42 Å². The number of rotatable bonds is 14. The molecule has 0 heterocycles. The van der Waals surface area contributed by atoms with Gasteiger partial charge in [-0.05, 0) is 33.6 Å². The van der Waals surface area contributed by atoms with Crippen molar-refractivity contribution in [2.75, 3.05) is 26.2 Å². The summed E-state index contributed by atoms with van der Waals surface area (Å²) in [5, 5.41) is 11.3. The van der Waals surface area contributed by atoms with Gasteiger partial charge in [0.2, 0.25) is 11.8 Å². The number of halogens is 3. The van der Waals surface area contributed by atoms with Crippen molar-refractivity contribution in [3.63, 3.8) is 0 Å². The first kappa shape index (κ1) is 26.6. The first-order valence-electron chi connectivity index (χ1n) is 8.90. The summed E-state index contributed by atoms with van der Waals surface area (Å²) in [5.74, 6) is -0.710. The van der Waals surface area contributed by atoms with Crippen molar-refractivity contribution in [1.82, 2.24) is 21.3 Å². The van der Waals surface area contributed by atoms with E-state index < -0.39 is 9.46 Å². The minimum absolute atomic E-state index is 0.143. The second kappa shape index (κ2) is 13.0. The van der Waals surface area contributed by atoms with Crippen molar-refractivity contribution in [3.05, 3.63) is 0 Å². The second-order valence-corrected chi connectivity index (χ2v) is 9.75. The Morgan fingerprint density at radius 1 is 0.852 bits per heavy atom. The summed E-state index contributed by atoms with van der Waals surface area (Å²) in [4.78, 5) is 23.0. The van der Waals surface area contributed by atoms with E-state index >= 15 is 0 Å². The fraction of sp³-hybridized carbons (Fsp3) is 0.875. The number of amides is 2. The zero-order valence-electron chi connectivity index (χ0n) is 16.2. The molecule has 2 amide bonds. The zero-order chi connectivity index (χ0) is 21.1. The van der Waals surface area contributed by atoms with Gasteiger partial charge in [0.15, 0.2) is 4.46 Å². The molecule has 160 valence electrons. The van der Waals surface area contributed by atoms with Gasteiger partial charge in [0.25, 0.3) is 0 Å². The van der Waals surface area contributed by atoms with Gasteiger partial charge in [-0.15, -0.1) is 11.6 Å². The molecule has 11 heteroatoms. The van der Waals surface area contributed by atoms with Crippen molar-refractivity contribution < 1.29 is 9.59 Å². The van der Waals surface area contributed by atoms with Gasteiger partial charge in [0.05, 0.1) is 5.00 Å². The van der Waals surface area contributed by atoms with E-state index in [4.69, 9.17) is 46.3 Å². The molecule has 0 aromatic rings. The van der Waals surface area contributed by atoms with Crippen LogP contribution in [0.25, 0.3) is 0 Å². The van der Waals surface area contributed by atoms with Gasteiger partial charge >= 0.3 is 0 Å². The molecule has 0 aromatic carbocycles. The first-order chi connectivity index (χ1) is 12.3. The molecule has 0 saturated heterocycles. The SMILES string of the molecule is CC(C)(Cl)NCC(N)CCNC(=O)CC(=O)NCCC(N)CNC(C)(Cl)Cl. The number of nitrogens with two attached hydrogens (primary N) is 2. The van der Waals surface area contributed by atoms with Crippen LogP contribution in [-0.2, 0) is 9.59 Å². The fourth-order valence-electron chi connectivity index (χ4n) is 1.95. The maximum absolute atomic E-state index is 11.7. The molecule has 0 radical (unpaired) electrons. The molecule has 2 unspecified atom stereocenters. The molecule has 0 saturated carbocycles. The van der Waals surface area contributed by atoms with Gasteiger partial charge in [-0.1, -0.05) is 23.2 Å². The van der Waals surface area contributed by atoms with Crippen LogP contribution >= 0.6 is 34.8 Å². The molecule has 0 bridgehead atoms. The van der Waals surface area contributed by atoms with Crippen LogP contribution in [0.2, 0.25) is 0 Å². The van der Waals surface area contributed by atoms with E-state index in [1.54, 1.807) is 6.92 Å². The highest BCUT2D eigenvalue weighted by Gasteiger charge is 2.17. The third kappa shape index (κ3) is 18.8. The monoisotopic (exact) mass is 446 g/mol. The number of hydrogen-bond acceptors (Lipinski definition) is 6. The summed E-state index contributed by atoms with van der Waals surface area (Å²) < 4.78 is -1.04. The lowest BCUT2D eigenvalue weighted by Crippen LogP contribution is -2.44. The number of carbonyl (C=O) groups is 2. The van der Waals surface area contributed by atoms with E-state index in [9.17, 15) is 9.59 Å². The van der Waals surface area contributed by atoms with Crippen molar-refractivity contribution in [2.45, 2.75) is 61.6 Å². The molecule has 8 nitrogen and oxygen atoms in total. The Labute approximate surface area is 176 Å². The largest absolute Gasteiger partial charge is 0.356 e. The van der Waals surface area contributed by atoms with Crippen LogP contribution in [0.15, 0.2) is 0 Å². The van der Waals surface area contributed by atoms with Crippen molar-refractivity contribution in [1.29, 1.82) is 0 Å². The maximum atomic E-state index is 11.7. The molecule has 0 spiro atoms. The van der Waals surface area contributed by atoms with Crippen LogP contribution < -0.4 is 32.7 Å². The maximum Gasteiger partial charge on any atom is 0.229 e. The van der Waals surface area contributed by atoms with Crippen LogP contribution in [0, 0.1) is 0 Å². The third-order valence-corrected chi connectivity index (χ3v) is 3.86. The summed E-state index contributed by atoms with van der Waals surface area (Å²) in [6, 6.07) is -0.362. The van der Waals surface area contributed by atoms with Gasteiger partial charge in [0, 0.05) is 38.3 Å². The third-order valence-electron chi connectivity index (χ3n) is 3.45. The summed E-state index contributed by atoms with van der Waals surface area (Å²) in [7, 11) is 0. The van der Waals surface area contributed by atoms with Crippen molar-refractivity contribution in [3.8, 4) is 0 Å².